The van der Waals surface area contributed by atoms with Crippen molar-refractivity contribution in [2.45, 2.75) is 13.8 Å². The van der Waals surface area contributed by atoms with Crippen LogP contribution in [0.5, 0.6) is 5.88 Å². The minimum absolute atomic E-state index is 0.180. The van der Waals surface area contributed by atoms with Crippen LogP contribution in [-0.2, 0) is 0 Å². The Balaban J connectivity index is 1.92. The summed E-state index contributed by atoms with van der Waals surface area (Å²) in [5.74, 6) is -0.0971. The molecule has 0 fully saturated rings. The van der Waals surface area contributed by atoms with Gasteiger partial charge < -0.3 is 9.64 Å². The minimum Gasteiger partial charge on any atom is -0.481 e. The fourth-order valence-corrected chi connectivity index (χ4v) is 4.14. The molecule has 0 aliphatic carbocycles. The lowest BCUT2D eigenvalue weighted by molar-refractivity contribution is 0.0983. The lowest BCUT2D eigenvalue weighted by Crippen LogP contribution is -2.45. The number of halogens is 2. The standard InChI is InChI=1S/C23H18BrFN4O2/c1-13-8-16(25)4-5-19(13)28-12-29(20-6-7-22(31-3)27-14(20)2)23(30)17-10-18(24)15(11-26)9-21(17)28/h4-10H,12H2,1-3H3. The number of ether oxygens (including phenoxy) is 1. The highest BCUT2D eigenvalue weighted by molar-refractivity contribution is 9.10. The number of nitrogens with zero attached hydrogens (tertiary/aromatic N) is 4. The fraction of sp³-hybridized carbons (Fsp3) is 0.174. The molecule has 1 aliphatic heterocycles. The number of rotatable bonds is 3. The summed E-state index contributed by atoms with van der Waals surface area (Å²) in [4.78, 5) is 21.4. The van der Waals surface area contributed by atoms with Gasteiger partial charge >= 0.3 is 0 Å². The lowest BCUT2D eigenvalue weighted by Gasteiger charge is -2.39. The number of fused-ring (bicyclic) bond motifs is 1. The molecule has 6 nitrogen and oxygen atoms in total. The first-order valence-corrected chi connectivity index (χ1v) is 10.2. The van der Waals surface area contributed by atoms with E-state index in [4.69, 9.17) is 4.74 Å². The van der Waals surface area contributed by atoms with Gasteiger partial charge in [-0.2, -0.15) is 5.26 Å². The quantitative estimate of drug-likeness (QED) is 0.512. The molecule has 2 heterocycles. The molecule has 156 valence electrons. The van der Waals surface area contributed by atoms with Crippen LogP contribution in [0.1, 0.15) is 27.2 Å². The van der Waals surface area contributed by atoms with Crippen molar-refractivity contribution >= 4 is 38.9 Å². The van der Waals surface area contributed by atoms with Crippen LogP contribution in [0.15, 0.2) is 46.9 Å². The van der Waals surface area contributed by atoms with Crippen molar-refractivity contribution in [3.05, 3.63) is 75.1 Å². The summed E-state index contributed by atoms with van der Waals surface area (Å²) in [5.41, 5.74) is 4.16. The maximum absolute atomic E-state index is 13.8. The highest BCUT2D eigenvalue weighted by atomic mass is 79.9. The largest absolute Gasteiger partial charge is 0.481 e. The zero-order valence-electron chi connectivity index (χ0n) is 17.1. The topological polar surface area (TPSA) is 69.5 Å². The Morgan fingerprint density at radius 2 is 1.84 bits per heavy atom. The van der Waals surface area contributed by atoms with Gasteiger partial charge in [0.1, 0.15) is 18.6 Å². The molecule has 3 aromatic rings. The Bertz CT molecular complexity index is 1260. The zero-order chi connectivity index (χ0) is 22.3. The Morgan fingerprint density at radius 1 is 1.10 bits per heavy atom. The number of nitriles is 1. The number of pyridine rings is 1. The molecular weight excluding hydrogens is 463 g/mol. The first-order valence-electron chi connectivity index (χ1n) is 9.45. The van der Waals surface area contributed by atoms with Gasteiger partial charge in [-0.1, -0.05) is 0 Å². The van der Waals surface area contributed by atoms with E-state index in [2.05, 4.69) is 27.0 Å². The minimum atomic E-state index is -0.338. The smallest absolute Gasteiger partial charge is 0.261 e. The molecule has 0 N–H and O–H groups in total. The summed E-state index contributed by atoms with van der Waals surface area (Å²) in [6, 6.07) is 13.5. The fourth-order valence-electron chi connectivity index (χ4n) is 3.71. The third-order valence-corrected chi connectivity index (χ3v) is 5.89. The van der Waals surface area contributed by atoms with E-state index in [9.17, 15) is 14.4 Å². The number of aryl methyl sites for hydroxylation is 2. The molecule has 4 rings (SSSR count). The van der Waals surface area contributed by atoms with Crippen LogP contribution in [0, 0.1) is 31.0 Å². The summed E-state index contributed by atoms with van der Waals surface area (Å²) in [5, 5.41) is 9.49. The molecule has 31 heavy (non-hydrogen) atoms. The number of hydrogen-bond donors (Lipinski definition) is 0. The number of methoxy groups -OCH3 is 1. The van der Waals surface area contributed by atoms with E-state index in [1.165, 1.54) is 19.2 Å². The van der Waals surface area contributed by atoms with Gasteiger partial charge in [0, 0.05) is 16.2 Å². The lowest BCUT2D eigenvalue weighted by atomic mass is 10.0. The molecule has 0 radical (unpaired) electrons. The molecule has 0 unspecified atom stereocenters. The Labute approximate surface area is 187 Å². The summed E-state index contributed by atoms with van der Waals surface area (Å²) in [7, 11) is 1.53. The van der Waals surface area contributed by atoms with Crippen molar-refractivity contribution in [3.63, 3.8) is 0 Å². The predicted molar refractivity (Wildman–Crippen MR) is 119 cm³/mol. The Hall–Kier alpha value is -3.44. The van der Waals surface area contributed by atoms with Crippen LogP contribution < -0.4 is 14.5 Å². The zero-order valence-corrected chi connectivity index (χ0v) is 18.7. The van der Waals surface area contributed by atoms with E-state index in [0.29, 0.717) is 44.1 Å². The molecule has 1 aromatic heterocycles. The van der Waals surface area contributed by atoms with Crippen molar-refractivity contribution in [2.24, 2.45) is 0 Å². The molecule has 1 amide bonds. The van der Waals surface area contributed by atoms with Crippen LogP contribution in [0.25, 0.3) is 0 Å². The molecule has 0 saturated heterocycles. The molecule has 8 heteroatoms. The van der Waals surface area contributed by atoms with Crippen LogP contribution in [0.4, 0.5) is 21.5 Å². The number of hydrogen-bond acceptors (Lipinski definition) is 5. The normalized spacial score (nSPS) is 13.1. The first kappa shape index (κ1) is 20.8. The molecule has 0 atom stereocenters. The van der Waals surface area contributed by atoms with Crippen molar-refractivity contribution in [1.82, 2.24) is 4.98 Å². The van der Waals surface area contributed by atoms with Crippen LogP contribution in [0.2, 0.25) is 0 Å². The van der Waals surface area contributed by atoms with Gasteiger partial charge in [-0.05, 0) is 71.7 Å². The van der Waals surface area contributed by atoms with Crippen LogP contribution in [0.3, 0.4) is 0 Å². The predicted octanol–water partition coefficient (Wildman–Crippen LogP) is 5.24. The number of benzene rings is 2. The van der Waals surface area contributed by atoms with Gasteiger partial charge in [0.25, 0.3) is 5.91 Å². The van der Waals surface area contributed by atoms with Crippen molar-refractivity contribution in [1.29, 1.82) is 5.26 Å². The van der Waals surface area contributed by atoms with Crippen molar-refractivity contribution in [3.8, 4) is 11.9 Å². The Morgan fingerprint density at radius 3 is 2.48 bits per heavy atom. The number of anilines is 3. The van der Waals surface area contributed by atoms with Gasteiger partial charge in [-0.3, -0.25) is 9.69 Å². The molecule has 0 spiro atoms. The first-order chi connectivity index (χ1) is 14.8. The molecule has 1 aliphatic rings. The number of carbonyl (C=O) groups excluding carboxylic acids is 1. The van der Waals surface area contributed by atoms with Crippen LogP contribution in [-0.4, -0.2) is 24.7 Å². The maximum atomic E-state index is 13.8. The second-order valence-electron chi connectivity index (χ2n) is 7.15. The van der Waals surface area contributed by atoms with E-state index in [-0.39, 0.29) is 18.4 Å². The summed E-state index contributed by atoms with van der Waals surface area (Å²) in [6.45, 7) is 3.80. The van der Waals surface area contributed by atoms with E-state index >= 15 is 0 Å². The third-order valence-electron chi connectivity index (χ3n) is 5.24. The number of aromatic nitrogens is 1. The number of amides is 1. The molecule has 0 bridgehead atoms. The number of carbonyl (C=O) groups is 1. The van der Waals surface area contributed by atoms with E-state index in [1.807, 2.05) is 18.7 Å². The van der Waals surface area contributed by atoms with E-state index < -0.39 is 0 Å². The Kier molecular flexibility index (Phi) is 5.38. The maximum Gasteiger partial charge on any atom is 0.261 e. The molecule has 2 aromatic carbocycles. The highest BCUT2D eigenvalue weighted by Gasteiger charge is 2.33. The van der Waals surface area contributed by atoms with Crippen LogP contribution >= 0.6 is 15.9 Å². The van der Waals surface area contributed by atoms with Crippen molar-refractivity contribution < 1.29 is 13.9 Å². The van der Waals surface area contributed by atoms with E-state index in [0.717, 1.165) is 5.69 Å². The van der Waals surface area contributed by atoms with Crippen molar-refractivity contribution in [2.75, 3.05) is 23.6 Å². The van der Waals surface area contributed by atoms with Gasteiger partial charge in [0.2, 0.25) is 5.88 Å². The third kappa shape index (κ3) is 3.62. The summed E-state index contributed by atoms with van der Waals surface area (Å²) >= 11 is 3.38. The van der Waals surface area contributed by atoms with Gasteiger partial charge in [0.15, 0.2) is 0 Å². The van der Waals surface area contributed by atoms with Gasteiger partial charge in [-0.25, -0.2) is 9.37 Å². The van der Waals surface area contributed by atoms with Gasteiger partial charge in [-0.15, -0.1) is 0 Å². The molecular formula is C23H18BrFN4O2. The summed E-state index contributed by atoms with van der Waals surface area (Å²) < 4.78 is 19.5. The van der Waals surface area contributed by atoms with E-state index in [1.54, 1.807) is 35.2 Å². The second kappa shape index (κ2) is 8.00. The van der Waals surface area contributed by atoms with Gasteiger partial charge in [0.05, 0.1) is 35.3 Å². The average Bonchev–Trinajstić information content (AvgIpc) is 2.75. The summed E-state index contributed by atoms with van der Waals surface area (Å²) in [6.07, 6.45) is 0. The monoisotopic (exact) mass is 480 g/mol. The second-order valence-corrected chi connectivity index (χ2v) is 8.01. The SMILES string of the molecule is COc1ccc(N2CN(c3ccc(F)cc3C)c3cc(C#N)c(Br)cc3C2=O)c(C)n1. The molecule has 0 saturated carbocycles. The highest BCUT2D eigenvalue weighted by Crippen LogP contribution is 2.40. The average molecular weight is 481 g/mol.